The van der Waals surface area contributed by atoms with E-state index in [-0.39, 0.29) is 10.6 Å². The Morgan fingerprint density at radius 3 is 2.43 bits per heavy atom. The number of hydrogen-bond acceptors (Lipinski definition) is 5. The number of nitrogens with zero attached hydrogens (tertiary/aromatic N) is 3. The van der Waals surface area contributed by atoms with Crippen LogP contribution in [0.25, 0.3) is 11.0 Å². The fourth-order valence-electron chi connectivity index (χ4n) is 3.64. The van der Waals surface area contributed by atoms with Crippen LogP contribution in [0.2, 0.25) is 0 Å². The number of carbonyl (C=O) groups is 1. The van der Waals surface area contributed by atoms with E-state index in [1.54, 1.807) is 29.4 Å². The zero-order valence-electron chi connectivity index (χ0n) is 16.8. The number of nitrogens with one attached hydrogen (secondary N) is 1. The molecule has 1 saturated heterocycles. The minimum absolute atomic E-state index is 0.172. The van der Waals surface area contributed by atoms with Crippen LogP contribution in [-0.2, 0) is 10.0 Å². The van der Waals surface area contributed by atoms with Gasteiger partial charge in [-0.05, 0) is 49.6 Å². The molecular formula is C22H24N4O3S. The Kier molecular flexibility index (Phi) is 5.78. The molecule has 1 aliphatic rings. The largest absolute Gasteiger partial charge is 0.321 e. The number of anilines is 1. The number of carbonyl (C=O) groups excluding carboxylic acids is 1. The Morgan fingerprint density at radius 2 is 1.70 bits per heavy atom. The van der Waals surface area contributed by atoms with Gasteiger partial charge in [0, 0.05) is 18.8 Å². The first-order valence-electron chi connectivity index (χ1n) is 10.1. The Morgan fingerprint density at radius 1 is 1.00 bits per heavy atom. The lowest BCUT2D eigenvalue weighted by molar-refractivity contribution is 0.102. The average molecular weight is 425 g/mol. The van der Waals surface area contributed by atoms with Gasteiger partial charge in [-0.2, -0.15) is 4.31 Å². The average Bonchev–Trinajstić information content (AvgIpc) is 3.05. The van der Waals surface area contributed by atoms with Gasteiger partial charge in [0.2, 0.25) is 10.0 Å². The third-order valence-corrected chi connectivity index (χ3v) is 7.35. The Balaban J connectivity index is 1.60. The van der Waals surface area contributed by atoms with E-state index in [9.17, 15) is 13.2 Å². The summed E-state index contributed by atoms with van der Waals surface area (Å²) in [4.78, 5) is 21.5. The molecule has 2 aromatic carbocycles. The lowest BCUT2D eigenvalue weighted by atomic mass is 10.2. The zero-order chi connectivity index (χ0) is 21.1. The molecule has 30 heavy (non-hydrogen) atoms. The molecule has 7 nitrogen and oxygen atoms in total. The second-order valence-electron chi connectivity index (χ2n) is 7.50. The van der Waals surface area contributed by atoms with Gasteiger partial charge in [-0.3, -0.25) is 9.78 Å². The maximum absolute atomic E-state index is 13.2. The molecule has 1 aromatic heterocycles. The zero-order valence-corrected chi connectivity index (χ0v) is 17.7. The summed E-state index contributed by atoms with van der Waals surface area (Å²) in [5.41, 5.74) is 2.57. The van der Waals surface area contributed by atoms with Crippen molar-refractivity contribution in [3.8, 4) is 0 Å². The third kappa shape index (κ3) is 4.20. The molecule has 3 aromatic rings. The lowest BCUT2D eigenvalue weighted by Crippen LogP contribution is -2.32. The minimum atomic E-state index is -3.61. The number of amides is 1. The summed E-state index contributed by atoms with van der Waals surface area (Å²) in [5, 5.41) is 2.75. The predicted octanol–water partition coefficient (Wildman–Crippen LogP) is 3.76. The highest BCUT2D eigenvalue weighted by Gasteiger charge is 2.27. The number of para-hydroxylation sites is 2. The van der Waals surface area contributed by atoms with Crippen LogP contribution in [0.4, 0.5) is 5.69 Å². The van der Waals surface area contributed by atoms with Crippen molar-refractivity contribution in [3.63, 3.8) is 0 Å². The fraction of sp³-hybridized carbons (Fsp3) is 0.318. The molecule has 8 heteroatoms. The molecule has 0 spiro atoms. The highest BCUT2D eigenvalue weighted by molar-refractivity contribution is 7.89. The van der Waals surface area contributed by atoms with Crippen molar-refractivity contribution >= 4 is 32.7 Å². The van der Waals surface area contributed by atoms with E-state index in [0.29, 0.717) is 35.4 Å². The Bertz CT molecular complexity index is 1190. The number of aromatic nitrogens is 2. The van der Waals surface area contributed by atoms with Crippen molar-refractivity contribution in [1.29, 1.82) is 0 Å². The van der Waals surface area contributed by atoms with Gasteiger partial charge in [-0.15, -0.1) is 0 Å². The topological polar surface area (TPSA) is 92.3 Å². The van der Waals surface area contributed by atoms with Crippen molar-refractivity contribution in [1.82, 2.24) is 14.3 Å². The SMILES string of the molecule is Cc1ccc(NC(=O)c2cnc3ccccc3n2)cc1S(=O)(=O)N1CCCCCC1. The van der Waals surface area contributed by atoms with E-state index >= 15 is 0 Å². The van der Waals surface area contributed by atoms with Crippen LogP contribution in [-0.4, -0.2) is 41.7 Å². The van der Waals surface area contributed by atoms with Crippen molar-refractivity contribution in [3.05, 3.63) is 59.9 Å². The van der Waals surface area contributed by atoms with E-state index in [0.717, 1.165) is 25.7 Å². The first-order valence-corrected chi connectivity index (χ1v) is 11.5. The number of rotatable bonds is 4. The highest BCUT2D eigenvalue weighted by Crippen LogP contribution is 2.26. The first-order chi connectivity index (χ1) is 14.4. The van der Waals surface area contributed by atoms with Crippen LogP contribution in [0.5, 0.6) is 0 Å². The van der Waals surface area contributed by atoms with Crippen molar-refractivity contribution in [2.24, 2.45) is 0 Å². The summed E-state index contributed by atoms with van der Waals surface area (Å²) in [6, 6.07) is 12.2. The summed E-state index contributed by atoms with van der Waals surface area (Å²) in [5.74, 6) is -0.435. The third-order valence-electron chi connectivity index (χ3n) is 5.31. The normalized spacial score (nSPS) is 15.6. The van der Waals surface area contributed by atoms with Gasteiger partial charge in [0.05, 0.1) is 22.1 Å². The van der Waals surface area contributed by atoms with Gasteiger partial charge in [0.1, 0.15) is 5.69 Å². The standard InChI is InChI=1S/C22H24N4O3S/c1-16-10-11-17(14-21(16)30(28,29)26-12-6-2-3-7-13-26)24-22(27)20-15-23-18-8-4-5-9-19(18)25-20/h4-5,8-11,14-15H,2-3,6-7,12-13H2,1H3,(H,24,27). The summed E-state index contributed by atoms with van der Waals surface area (Å²) in [7, 11) is -3.61. The Hall–Kier alpha value is -2.84. The van der Waals surface area contributed by atoms with E-state index in [1.165, 1.54) is 12.3 Å². The molecule has 0 aliphatic carbocycles. The molecule has 1 aliphatic heterocycles. The van der Waals surface area contributed by atoms with E-state index in [2.05, 4.69) is 15.3 Å². The maximum Gasteiger partial charge on any atom is 0.275 e. The minimum Gasteiger partial charge on any atom is -0.321 e. The molecular weight excluding hydrogens is 400 g/mol. The first kappa shape index (κ1) is 20.4. The number of aryl methyl sites for hydroxylation is 1. The van der Waals surface area contributed by atoms with Crippen molar-refractivity contribution < 1.29 is 13.2 Å². The van der Waals surface area contributed by atoms with Gasteiger partial charge >= 0.3 is 0 Å². The van der Waals surface area contributed by atoms with Gasteiger partial charge in [0.25, 0.3) is 5.91 Å². The van der Waals surface area contributed by atoms with Crippen LogP contribution in [0.3, 0.4) is 0 Å². The molecule has 1 fully saturated rings. The van der Waals surface area contributed by atoms with Gasteiger partial charge in [-0.25, -0.2) is 13.4 Å². The number of sulfonamides is 1. The molecule has 4 rings (SSSR count). The molecule has 0 saturated carbocycles. The van der Waals surface area contributed by atoms with Gasteiger partial charge in [-0.1, -0.05) is 31.0 Å². The molecule has 1 N–H and O–H groups in total. The highest BCUT2D eigenvalue weighted by atomic mass is 32.2. The summed E-state index contributed by atoms with van der Waals surface area (Å²) in [6.07, 6.45) is 5.26. The number of benzene rings is 2. The molecule has 156 valence electrons. The molecule has 0 radical (unpaired) electrons. The predicted molar refractivity (Wildman–Crippen MR) is 116 cm³/mol. The summed E-state index contributed by atoms with van der Waals surface area (Å²) >= 11 is 0. The summed E-state index contributed by atoms with van der Waals surface area (Å²) in [6.45, 7) is 2.83. The van der Waals surface area contributed by atoms with Crippen LogP contribution in [0, 0.1) is 6.92 Å². The molecule has 1 amide bonds. The van der Waals surface area contributed by atoms with E-state index in [4.69, 9.17) is 0 Å². The molecule has 2 heterocycles. The number of fused-ring (bicyclic) bond motifs is 1. The van der Waals surface area contributed by atoms with Gasteiger partial charge < -0.3 is 5.32 Å². The van der Waals surface area contributed by atoms with E-state index < -0.39 is 15.9 Å². The monoisotopic (exact) mass is 424 g/mol. The number of hydrogen-bond donors (Lipinski definition) is 1. The van der Waals surface area contributed by atoms with Crippen LogP contribution >= 0.6 is 0 Å². The van der Waals surface area contributed by atoms with Gasteiger partial charge in [0.15, 0.2) is 0 Å². The fourth-order valence-corrected chi connectivity index (χ4v) is 5.41. The maximum atomic E-state index is 13.2. The van der Waals surface area contributed by atoms with Crippen LogP contribution in [0.1, 0.15) is 41.7 Å². The smallest absolute Gasteiger partial charge is 0.275 e. The van der Waals surface area contributed by atoms with E-state index in [1.807, 2.05) is 18.2 Å². The second-order valence-corrected chi connectivity index (χ2v) is 9.40. The van der Waals surface area contributed by atoms with Crippen molar-refractivity contribution in [2.45, 2.75) is 37.5 Å². The molecule has 0 atom stereocenters. The Labute approximate surface area is 176 Å². The lowest BCUT2D eigenvalue weighted by Gasteiger charge is -2.21. The van der Waals surface area contributed by atoms with Crippen LogP contribution < -0.4 is 5.32 Å². The molecule has 0 unspecified atom stereocenters. The van der Waals surface area contributed by atoms with Crippen molar-refractivity contribution in [2.75, 3.05) is 18.4 Å². The summed E-state index contributed by atoms with van der Waals surface area (Å²) < 4.78 is 28.0. The second kappa shape index (κ2) is 8.49. The quantitative estimate of drug-likeness (QED) is 0.688. The van der Waals surface area contributed by atoms with Crippen LogP contribution in [0.15, 0.2) is 53.6 Å². The molecule has 0 bridgehead atoms.